The van der Waals surface area contributed by atoms with Crippen LogP contribution in [-0.2, 0) is 14.8 Å². The van der Waals surface area contributed by atoms with Gasteiger partial charge >= 0.3 is 0 Å². The highest BCUT2D eigenvalue weighted by molar-refractivity contribution is 7.89. The van der Waals surface area contributed by atoms with Crippen LogP contribution in [0.3, 0.4) is 0 Å². The zero-order valence-electron chi connectivity index (χ0n) is 16.2. The van der Waals surface area contributed by atoms with Crippen molar-refractivity contribution in [2.45, 2.75) is 38.6 Å². The summed E-state index contributed by atoms with van der Waals surface area (Å²) in [5, 5.41) is 3.65. The third-order valence-corrected chi connectivity index (χ3v) is 6.70. The van der Waals surface area contributed by atoms with Crippen LogP contribution >= 0.6 is 11.3 Å². The second-order valence-electron chi connectivity index (χ2n) is 7.06. The van der Waals surface area contributed by atoms with E-state index in [2.05, 4.69) is 15.0 Å². The van der Waals surface area contributed by atoms with Crippen molar-refractivity contribution in [1.82, 2.24) is 9.71 Å². The Morgan fingerprint density at radius 2 is 1.75 bits per heavy atom. The van der Waals surface area contributed by atoms with Gasteiger partial charge in [0.05, 0.1) is 20.1 Å². The average molecular weight is 418 g/mol. The van der Waals surface area contributed by atoms with Crippen molar-refractivity contribution in [2.24, 2.45) is 5.92 Å². The molecule has 0 bridgehead atoms. The van der Waals surface area contributed by atoms with Gasteiger partial charge in [-0.3, -0.25) is 4.79 Å². The maximum Gasteiger partial charge on any atom is 0.242 e. The molecule has 3 aromatic rings. The van der Waals surface area contributed by atoms with Crippen LogP contribution in [0.2, 0.25) is 0 Å². The molecule has 3 rings (SSSR count). The fourth-order valence-electron chi connectivity index (χ4n) is 2.77. The molecular weight excluding hydrogens is 394 g/mol. The van der Waals surface area contributed by atoms with Gasteiger partial charge in [-0.05, 0) is 50.1 Å². The molecule has 0 saturated carbocycles. The standard InChI is InChI=1S/C20H23N3O3S2/c1-12(2)19(20(24)22-15-7-5-13(3)6-8-15)23-28(25,26)16-9-10-17-18(11-16)27-14(4)21-17/h5-12,19,23H,1-4H3,(H,22,24)/t19-/m1/s1. The number of aromatic nitrogens is 1. The topological polar surface area (TPSA) is 88.2 Å². The van der Waals surface area contributed by atoms with Gasteiger partial charge in [0.25, 0.3) is 0 Å². The minimum atomic E-state index is -3.86. The van der Waals surface area contributed by atoms with E-state index in [1.807, 2.05) is 26.0 Å². The van der Waals surface area contributed by atoms with E-state index in [0.717, 1.165) is 20.8 Å². The van der Waals surface area contributed by atoms with E-state index in [4.69, 9.17) is 0 Å². The predicted molar refractivity (Wildman–Crippen MR) is 113 cm³/mol. The molecule has 1 heterocycles. The van der Waals surface area contributed by atoms with Crippen molar-refractivity contribution in [3.8, 4) is 0 Å². The molecular formula is C20H23N3O3S2. The molecule has 0 saturated heterocycles. The van der Waals surface area contributed by atoms with Crippen LogP contribution in [-0.4, -0.2) is 25.4 Å². The molecule has 0 spiro atoms. The molecule has 0 aliphatic heterocycles. The molecule has 28 heavy (non-hydrogen) atoms. The lowest BCUT2D eigenvalue weighted by atomic mass is 10.0. The zero-order valence-corrected chi connectivity index (χ0v) is 17.8. The van der Waals surface area contributed by atoms with Crippen molar-refractivity contribution in [2.75, 3.05) is 5.32 Å². The number of rotatable bonds is 6. The summed E-state index contributed by atoms with van der Waals surface area (Å²) in [6, 6.07) is 11.2. The van der Waals surface area contributed by atoms with Gasteiger partial charge in [-0.25, -0.2) is 13.4 Å². The number of nitrogens with one attached hydrogen (secondary N) is 2. The summed E-state index contributed by atoms with van der Waals surface area (Å²) in [6.07, 6.45) is 0. The number of hydrogen-bond acceptors (Lipinski definition) is 5. The number of carbonyl (C=O) groups excluding carboxylic acids is 1. The Morgan fingerprint density at radius 1 is 1.07 bits per heavy atom. The first kappa shape index (κ1) is 20.4. The molecule has 0 aliphatic rings. The van der Waals surface area contributed by atoms with Gasteiger partial charge in [0.15, 0.2) is 0 Å². The first-order valence-electron chi connectivity index (χ1n) is 8.93. The van der Waals surface area contributed by atoms with Crippen LogP contribution in [0, 0.1) is 19.8 Å². The number of carbonyl (C=O) groups is 1. The van der Waals surface area contributed by atoms with Crippen LogP contribution in [0.4, 0.5) is 5.69 Å². The largest absolute Gasteiger partial charge is 0.325 e. The van der Waals surface area contributed by atoms with Gasteiger partial charge in [-0.15, -0.1) is 11.3 Å². The Balaban J connectivity index is 1.83. The van der Waals surface area contributed by atoms with E-state index in [9.17, 15) is 13.2 Å². The minimum Gasteiger partial charge on any atom is -0.325 e. The molecule has 1 aromatic heterocycles. The molecule has 1 amide bonds. The fourth-order valence-corrected chi connectivity index (χ4v) is 5.08. The highest BCUT2D eigenvalue weighted by Gasteiger charge is 2.28. The summed E-state index contributed by atoms with van der Waals surface area (Å²) in [6.45, 7) is 7.44. The number of aryl methyl sites for hydroxylation is 2. The molecule has 8 heteroatoms. The second-order valence-corrected chi connectivity index (χ2v) is 10.0. The van der Waals surface area contributed by atoms with Gasteiger partial charge in [0.1, 0.15) is 6.04 Å². The zero-order chi connectivity index (χ0) is 20.5. The summed E-state index contributed by atoms with van der Waals surface area (Å²) in [5.74, 6) is -0.619. The lowest BCUT2D eigenvalue weighted by molar-refractivity contribution is -0.118. The van der Waals surface area contributed by atoms with Crippen LogP contribution in [0.15, 0.2) is 47.4 Å². The Labute approximate surface area is 169 Å². The van der Waals surface area contributed by atoms with Crippen molar-refractivity contribution in [3.63, 3.8) is 0 Å². The Morgan fingerprint density at radius 3 is 2.39 bits per heavy atom. The maximum atomic E-state index is 12.9. The second kappa shape index (κ2) is 7.98. The molecule has 2 N–H and O–H groups in total. The number of sulfonamides is 1. The van der Waals surface area contributed by atoms with E-state index < -0.39 is 22.0 Å². The van der Waals surface area contributed by atoms with Crippen molar-refractivity contribution >= 4 is 43.2 Å². The first-order valence-corrected chi connectivity index (χ1v) is 11.2. The molecule has 2 aromatic carbocycles. The molecule has 0 fully saturated rings. The van der Waals surface area contributed by atoms with Crippen LogP contribution in [0.5, 0.6) is 0 Å². The highest BCUT2D eigenvalue weighted by Crippen LogP contribution is 2.25. The normalized spacial score (nSPS) is 13.0. The number of nitrogens with zero attached hydrogens (tertiary/aromatic N) is 1. The van der Waals surface area contributed by atoms with Crippen LogP contribution < -0.4 is 10.0 Å². The van der Waals surface area contributed by atoms with Gasteiger partial charge < -0.3 is 5.32 Å². The summed E-state index contributed by atoms with van der Waals surface area (Å²) >= 11 is 1.43. The summed E-state index contributed by atoms with van der Waals surface area (Å²) in [5.41, 5.74) is 2.47. The lowest BCUT2D eigenvalue weighted by Gasteiger charge is -2.21. The van der Waals surface area contributed by atoms with Crippen molar-refractivity contribution in [3.05, 3.63) is 53.0 Å². The molecule has 1 atom stereocenters. The third-order valence-electron chi connectivity index (χ3n) is 4.33. The van der Waals surface area contributed by atoms with E-state index in [1.54, 1.807) is 38.1 Å². The fraction of sp³-hybridized carbons (Fsp3) is 0.300. The van der Waals surface area contributed by atoms with Crippen molar-refractivity contribution < 1.29 is 13.2 Å². The van der Waals surface area contributed by atoms with Crippen molar-refractivity contribution in [1.29, 1.82) is 0 Å². The summed E-state index contributed by atoms with van der Waals surface area (Å²) in [4.78, 5) is 17.2. The Bertz CT molecular complexity index is 1100. The van der Waals surface area contributed by atoms with E-state index >= 15 is 0 Å². The van der Waals surface area contributed by atoms with E-state index in [1.165, 1.54) is 17.4 Å². The summed E-state index contributed by atoms with van der Waals surface area (Å²) in [7, 11) is -3.86. The number of fused-ring (bicyclic) bond motifs is 1. The summed E-state index contributed by atoms with van der Waals surface area (Å²) < 4.78 is 29.1. The lowest BCUT2D eigenvalue weighted by Crippen LogP contribution is -2.47. The van der Waals surface area contributed by atoms with Gasteiger partial charge in [-0.2, -0.15) is 4.72 Å². The van der Waals surface area contributed by atoms with Crippen LogP contribution in [0.25, 0.3) is 10.2 Å². The third kappa shape index (κ3) is 4.57. The molecule has 6 nitrogen and oxygen atoms in total. The van der Waals surface area contributed by atoms with Gasteiger partial charge in [0.2, 0.25) is 15.9 Å². The Kier molecular flexibility index (Phi) is 5.83. The first-order chi connectivity index (χ1) is 13.2. The molecule has 0 radical (unpaired) electrons. The number of anilines is 1. The number of amides is 1. The SMILES string of the molecule is Cc1ccc(NC(=O)[C@H](NS(=O)(=O)c2ccc3nc(C)sc3c2)C(C)C)cc1. The molecule has 148 valence electrons. The molecule has 0 aliphatic carbocycles. The van der Waals surface area contributed by atoms with Crippen LogP contribution in [0.1, 0.15) is 24.4 Å². The number of hydrogen-bond donors (Lipinski definition) is 2. The van der Waals surface area contributed by atoms with E-state index in [0.29, 0.717) is 5.69 Å². The maximum absolute atomic E-state index is 12.9. The number of thiazole rings is 1. The quantitative estimate of drug-likeness (QED) is 0.638. The highest BCUT2D eigenvalue weighted by atomic mass is 32.2. The number of benzene rings is 2. The van der Waals surface area contributed by atoms with Gasteiger partial charge in [-0.1, -0.05) is 31.5 Å². The smallest absolute Gasteiger partial charge is 0.242 e. The monoisotopic (exact) mass is 417 g/mol. The Hall–Kier alpha value is -2.29. The van der Waals surface area contributed by atoms with Gasteiger partial charge in [0, 0.05) is 5.69 Å². The minimum absolute atomic E-state index is 0.123. The predicted octanol–water partition coefficient (Wildman–Crippen LogP) is 3.85. The average Bonchev–Trinajstić information content (AvgIpc) is 3.00. The molecule has 0 unspecified atom stereocenters. The van der Waals surface area contributed by atoms with E-state index in [-0.39, 0.29) is 10.8 Å².